The summed E-state index contributed by atoms with van der Waals surface area (Å²) in [5, 5.41) is 20.8. The fourth-order valence-electron chi connectivity index (χ4n) is 2.57. The molecule has 1 atom stereocenters. The number of nitro benzene ring substituents is 1. The third kappa shape index (κ3) is 4.29. The highest BCUT2D eigenvalue weighted by molar-refractivity contribution is 5.34. The van der Waals surface area contributed by atoms with Gasteiger partial charge in [-0.15, -0.1) is 0 Å². The lowest BCUT2D eigenvalue weighted by molar-refractivity contribution is -0.384. The Morgan fingerprint density at radius 2 is 2.05 bits per heavy atom. The van der Waals surface area contributed by atoms with Crippen LogP contribution >= 0.6 is 0 Å². The van der Waals surface area contributed by atoms with Crippen molar-refractivity contribution in [2.45, 2.75) is 31.8 Å². The Kier molecular flexibility index (Phi) is 4.87. The second-order valence-corrected chi connectivity index (χ2v) is 5.15. The molecule has 104 valence electrons. The topological polar surface area (TPSA) is 66.6 Å². The van der Waals surface area contributed by atoms with Crippen molar-refractivity contribution >= 4 is 5.69 Å². The first-order chi connectivity index (χ1) is 9.15. The van der Waals surface area contributed by atoms with E-state index in [1.54, 1.807) is 12.1 Å². The first-order valence-electron chi connectivity index (χ1n) is 6.79. The van der Waals surface area contributed by atoms with Crippen molar-refractivity contribution < 1.29 is 10.0 Å². The Balaban J connectivity index is 1.88. The van der Waals surface area contributed by atoms with Gasteiger partial charge in [-0.1, -0.05) is 18.6 Å². The molecule has 0 aliphatic carbocycles. The molecule has 1 heterocycles. The second kappa shape index (κ2) is 6.63. The van der Waals surface area contributed by atoms with Crippen molar-refractivity contribution in [1.82, 2.24) is 4.90 Å². The van der Waals surface area contributed by atoms with Crippen molar-refractivity contribution in [3.8, 4) is 0 Å². The van der Waals surface area contributed by atoms with Crippen molar-refractivity contribution in [1.29, 1.82) is 0 Å². The number of nitro groups is 1. The maximum absolute atomic E-state index is 10.7. The summed E-state index contributed by atoms with van der Waals surface area (Å²) in [5.74, 6) is 0. The highest BCUT2D eigenvalue weighted by Crippen LogP contribution is 2.15. The van der Waals surface area contributed by atoms with E-state index >= 15 is 0 Å². The van der Waals surface area contributed by atoms with Gasteiger partial charge in [0.15, 0.2) is 0 Å². The van der Waals surface area contributed by atoms with Crippen molar-refractivity contribution in [3.63, 3.8) is 0 Å². The highest BCUT2D eigenvalue weighted by atomic mass is 16.6. The number of rotatable bonds is 5. The molecule has 0 radical (unpaired) electrons. The maximum atomic E-state index is 10.7. The Morgan fingerprint density at radius 3 is 2.74 bits per heavy atom. The number of aliphatic hydroxyl groups is 1. The van der Waals surface area contributed by atoms with Crippen LogP contribution in [0.4, 0.5) is 5.69 Å². The van der Waals surface area contributed by atoms with Gasteiger partial charge in [-0.3, -0.25) is 10.1 Å². The number of benzene rings is 1. The Hall–Kier alpha value is -1.46. The summed E-state index contributed by atoms with van der Waals surface area (Å²) >= 11 is 0. The number of hydrogen-bond acceptors (Lipinski definition) is 4. The van der Waals surface area contributed by atoms with E-state index in [0.717, 1.165) is 18.7 Å². The molecule has 1 unspecified atom stereocenters. The van der Waals surface area contributed by atoms with Gasteiger partial charge in [0.1, 0.15) is 0 Å². The van der Waals surface area contributed by atoms with Crippen LogP contribution in [0.15, 0.2) is 24.3 Å². The van der Waals surface area contributed by atoms with Gasteiger partial charge in [-0.25, -0.2) is 0 Å². The van der Waals surface area contributed by atoms with Gasteiger partial charge < -0.3 is 10.0 Å². The predicted octanol–water partition coefficient (Wildman–Crippen LogP) is 1.98. The van der Waals surface area contributed by atoms with E-state index < -0.39 is 11.0 Å². The molecule has 2 rings (SSSR count). The fraction of sp³-hybridized carbons (Fsp3) is 0.571. The molecule has 0 amide bonds. The molecular weight excluding hydrogens is 244 g/mol. The van der Waals surface area contributed by atoms with Crippen molar-refractivity contribution in [2.75, 3.05) is 19.6 Å². The van der Waals surface area contributed by atoms with Crippen LogP contribution < -0.4 is 0 Å². The number of aliphatic hydroxyl groups excluding tert-OH is 1. The van der Waals surface area contributed by atoms with E-state index in [4.69, 9.17) is 0 Å². The van der Waals surface area contributed by atoms with Crippen LogP contribution in [-0.4, -0.2) is 40.7 Å². The molecular formula is C14H20N2O3. The standard InChI is InChI=1S/C14H20N2O3/c17-14(11-15-7-2-1-3-8-15)10-12-5-4-6-13(9-12)16(18)19/h4-6,9,14,17H,1-3,7-8,10-11H2. The Bertz CT molecular complexity index is 430. The van der Waals surface area contributed by atoms with Gasteiger partial charge in [0.05, 0.1) is 11.0 Å². The summed E-state index contributed by atoms with van der Waals surface area (Å²) in [6, 6.07) is 6.51. The number of nitrogens with zero attached hydrogens (tertiary/aromatic N) is 2. The van der Waals surface area contributed by atoms with Crippen LogP contribution in [0.25, 0.3) is 0 Å². The predicted molar refractivity (Wildman–Crippen MR) is 73.1 cm³/mol. The molecule has 0 saturated carbocycles. The van der Waals surface area contributed by atoms with Gasteiger partial charge in [-0.2, -0.15) is 0 Å². The van der Waals surface area contributed by atoms with Gasteiger partial charge >= 0.3 is 0 Å². The lowest BCUT2D eigenvalue weighted by atomic mass is 10.1. The van der Waals surface area contributed by atoms with E-state index in [1.165, 1.54) is 25.3 Å². The highest BCUT2D eigenvalue weighted by Gasteiger charge is 2.15. The van der Waals surface area contributed by atoms with E-state index in [-0.39, 0.29) is 5.69 Å². The monoisotopic (exact) mass is 264 g/mol. The number of hydrogen-bond donors (Lipinski definition) is 1. The van der Waals surface area contributed by atoms with Crippen molar-refractivity contribution in [2.24, 2.45) is 0 Å². The van der Waals surface area contributed by atoms with Gasteiger partial charge in [-0.05, 0) is 37.9 Å². The molecule has 1 aromatic rings. The fourth-order valence-corrected chi connectivity index (χ4v) is 2.57. The molecule has 19 heavy (non-hydrogen) atoms. The molecule has 0 spiro atoms. The zero-order valence-electron chi connectivity index (χ0n) is 11.0. The number of non-ortho nitro benzene ring substituents is 1. The Morgan fingerprint density at radius 1 is 1.32 bits per heavy atom. The summed E-state index contributed by atoms with van der Waals surface area (Å²) in [6.45, 7) is 2.75. The number of piperidine rings is 1. The maximum Gasteiger partial charge on any atom is 0.269 e. The number of likely N-dealkylation sites (tertiary alicyclic amines) is 1. The summed E-state index contributed by atoms with van der Waals surface area (Å²) in [7, 11) is 0. The third-order valence-corrected chi connectivity index (χ3v) is 3.51. The summed E-state index contributed by atoms with van der Waals surface area (Å²) in [6.07, 6.45) is 3.68. The van der Waals surface area contributed by atoms with Crippen LogP contribution in [0.2, 0.25) is 0 Å². The van der Waals surface area contributed by atoms with E-state index in [0.29, 0.717) is 13.0 Å². The first kappa shape index (κ1) is 14.0. The molecule has 1 aliphatic heterocycles. The van der Waals surface area contributed by atoms with E-state index in [9.17, 15) is 15.2 Å². The molecule has 0 bridgehead atoms. The molecule has 5 heteroatoms. The largest absolute Gasteiger partial charge is 0.391 e. The van der Waals surface area contributed by atoms with Gasteiger partial charge in [0.2, 0.25) is 0 Å². The third-order valence-electron chi connectivity index (χ3n) is 3.51. The molecule has 1 fully saturated rings. The average Bonchev–Trinajstić information content (AvgIpc) is 2.40. The van der Waals surface area contributed by atoms with E-state index in [1.807, 2.05) is 6.07 Å². The Labute approximate surface area is 113 Å². The van der Waals surface area contributed by atoms with Crippen LogP contribution in [0.3, 0.4) is 0 Å². The number of β-amino-alcohol motifs (C(OH)–C–C–N with tert-alkyl or cyclic N) is 1. The molecule has 1 saturated heterocycles. The average molecular weight is 264 g/mol. The molecule has 5 nitrogen and oxygen atoms in total. The molecule has 1 N–H and O–H groups in total. The summed E-state index contributed by atoms with van der Waals surface area (Å²) in [5.41, 5.74) is 0.904. The minimum absolute atomic E-state index is 0.0858. The minimum Gasteiger partial charge on any atom is -0.391 e. The minimum atomic E-state index is -0.458. The van der Waals surface area contributed by atoms with E-state index in [2.05, 4.69) is 4.90 Å². The SMILES string of the molecule is O=[N+]([O-])c1cccc(CC(O)CN2CCCCC2)c1. The van der Waals surface area contributed by atoms with Crippen molar-refractivity contribution in [3.05, 3.63) is 39.9 Å². The first-order valence-corrected chi connectivity index (χ1v) is 6.79. The smallest absolute Gasteiger partial charge is 0.269 e. The van der Waals surface area contributed by atoms with Crippen LogP contribution in [0.1, 0.15) is 24.8 Å². The summed E-state index contributed by atoms with van der Waals surface area (Å²) < 4.78 is 0. The lowest BCUT2D eigenvalue weighted by Crippen LogP contribution is -2.37. The van der Waals surface area contributed by atoms with Crippen LogP contribution in [0.5, 0.6) is 0 Å². The van der Waals surface area contributed by atoms with Gasteiger partial charge in [0.25, 0.3) is 5.69 Å². The second-order valence-electron chi connectivity index (χ2n) is 5.15. The lowest BCUT2D eigenvalue weighted by Gasteiger charge is -2.28. The zero-order chi connectivity index (χ0) is 13.7. The molecule has 0 aromatic heterocycles. The van der Waals surface area contributed by atoms with Crippen LogP contribution in [-0.2, 0) is 6.42 Å². The molecule has 1 aliphatic rings. The zero-order valence-corrected chi connectivity index (χ0v) is 11.0. The van der Waals surface area contributed by atoms with Gasteiger partial charge in [0, 0.05) is 18.7 Å². The van der Waals surface area contributed by atoms with Crippen LogP contribution in [0, 0.1) is 10.1 Å². The quantitative estimate of drug-likeness (QED) is 0.652. The summed E-state index contributed by atoms with van der Waals surface area (Å²) in [4.78, 5) is 12.6. The molecule has 1 aromatic carbocycles. The normalized spacial score (nSPS) is 18.2.